The smallest absolute Gasteiger partial charge is 0.172 e. The molecule has 0 bridgehead atoms. The lowest BCUT2D eigenvalue weighted by Gasteiger charge is -2.19. The molecule has 0 amide bonds. The predicted molar refractivity (Wildman–Crippen MR) is 98.5 cm³/mol. The van der Waals surface area contributed by atoms with Gasteiger partial charge in [0, 0.05) is 5.69 Å². The molecule has 0 saturated carbocycles. The van der Waals surface area contributed by atoms with Gasteiger partial charge in [-0.15, -0.1) is 0 Å². The molecule has 0 spiro atoms. The Morgan fingerprint density at radius 2 is 1.92 bits per heavy atom. The van der Waals surface area contributed by atoms with Crippen molar-refractivity contribution in [3.8, 4) is 5.75 Å². The lowest BCUT2D eigenvalue weighted by atomic mass is 10.1. The number of aliphatic hydroxyl groups is 3. The number of anilines is 1. The maximum absolute atomic E-state index is 9.88. The Hall–Kier alpha value is -1.45. The van der Waals surface area contributed by atoms with Crippen LogP contribution in [0.3, 0.4) is 0 Å². The van der Waals surface area contributed by atoms with Gasteiger partial charge in [-0.05, 0) is 48.8 Å². The summed E-state index contributed by atoms with van der Waals surface area (Å²) in [5.41, 5.74) is 0.750. The molecule has 0 aliphatic carbocycles. The van der Waals surface area contributed by atoms with Crippen molar-refractivity contribution in [3.63, 3.8) is 0 Å². The molecule has 1 aromatic carbocycles. The molecular formula is C17H26N2O5S. The van der Waals surface area contributed by atoms with Crippen molar-refractivity contribution >= 4 is 23.0 Å². The van der Waals surface area contributed by atoms with E-state index in [9.17, 15) is 10.2 Å². The highest BCUT2D eigenvalue weighted by atomic mass is 32.1. The second-order valence-corrected chi connectivity index (χ2v) is 6.82. The van der Waals surface area contributed by atoms with E-state index in [2.05, 4.69) is 24.5 Å². The Kier molecular flexibility index (Phi) is 7.39. The van der Waals surface area contributed by atoms with Gasteiger partial charge < -0.3 is 35.4 Å². The van der Waals surface area contributed by atoms with E-state index in [1.807, 2.05) is 24.3 Å². The minimum absolute atomic E-state index is 0.239. The van der Waals surface area contributed by atoms with Crippen molar-refractivity contribution in [2.45, 2.75) is 44.8 Å². The van der Waals surface area contributed by atoms with Gasteiger partial charge in [-0.25, -0.2) is 0 Å². The van der Waals surface area contributed by atoms with E-state index < -0.39 is 24.5 Å². The third-order valence-corrected chi connectivity index (χ3v) is 4.11. The maximum Gasteiger partial charge on any atom is 0.172 e. The summed E-state index contributed by atoms with van der Waals surface area (Å²) >= 11 is 5.18. The summed E-state index contributed by atoms with van der Waals surface area (Å²) in [6, 6.07) is 7.35. The zero-order valence-corrected chi connectivity index (χ0v) is 15.2. The number of aliphatic hydroxyl groups excluding tert-OH is 3. The molecule has 2 rings (SSSR count). The van der Waals surface area contributed by atoms with Crippen LogP contribution in [0.25, 0.3) is 0 Å². The lowest BCUT2D eigenvalue weighted by molar-refractivity contribution is -0.0260. The highest BCUT2D eigenvalue weighted by Crippen LogP contribution is 2.20. The van der Waals surface area contributed by atoms with E-state index in [4.69, 9.17) is 26.8 Å². The van der Waals surface area contributed by atoms with Gasteiger partial charge in [0.05, 0.1) is 13.2 Å². The summed E-state index contributed by atoms with van der Waals surface area (Å²) in [6.07, 6.45) is -3.05. The summed E-state index contributed by atoms with van der Waals surface area (Å²) in [7, 11) is 0. The van der Waals surface area contributed by atoms with Gasteiger partial charge in [0.15, 0.2) is 11.3 Å². The van der Waals surface area contributed by atoms with Crippen LogP contribution in [0.4, 0.5) is 5.69 Å². The normalized spacial score (nSPS) is 25.8. The van der Waals surface area contributed by atoms with Crippen LogP contribution >= 0.6 is 12.2 Å². The minimum atomic E-state index is -1.17. The van der Waals surface area contributed by atoms with Gasteiger partial charge in [-0.1, -0.05) is 13.8 Å². The van der Waals surface area contributed by atoms with Crippen molar-refractivity contribution in [1.82, 2.24) is 5.32 Å². The summed E-state index contributed by atoms with van der Waals surface area (Å²) < 4.78 is 11.0. The predicted octanol–water partition coefficient (Wildman–Crippen LogP) is 0.837. The molecule has 8 heteroatoms. The Morgan fingerprint density at radius 1 is 1.24 bits per heavy atom. The zero-order chi connectivity index (χ0) is 18.4. The van der Waals surface area contributed by atoms with E-state index >= 15 is 0 Å². The van der Waals surface area contributed by atoms with Gasteiger partial charge >= 0.3 is 0 Å². The first-order chi connectivity index (χ1) is 11.9. The standard InChI is InChI=1S/C17H26N2O5S/c1-10(2)7-8-23-12-5-3-11(4-6-12)18-17(25)19-16-15(22)14(21)13(9-20)24-16/h3-6,10,13-16,20-22H,7-9H2,1-2H3,(H2,18,19,25)/t13-,14?,15?,16-/m1/s1. The van der Waals surface area contributed by atoms with Crippen molar-refractivity contribution in [2.24, 2.45) is 5.92 Å². The van der Waals surface area contributed by atoms with Crippen molar-refractivity contribution in [1.29, 1.82) is 0 Å². The first-order valence-corrected chi connectivity index (χ1v) is 8.74. The monoisotopic (exact) mass is 370 g/mol. The number of hydrogen-bond donors (Lipinski definition) is 5. The van der Waals surface area contributed by atoms with Crippen LogP contribution < -0.4 is 15.4 Å². The van der Waals surface area contributed by atoms with Gasteiger partial charge in [0.1, 0.15) is 24.1 Å². The Balaban J connectivity index is 1.80. The molecule has 7 nitrogen and oxygen atoms in total. The maximum atomic E-state index is 9.88. The van der Waals surface area contributed by atoms with Crippen molar-refractivity contribution < 1.29 is 24.8 Å². The molecule has 1 aliphatic rings. The van der Waals surface area contributed by atoms with E-state index in [1.165, 1.54) is 0 Å². The molecule has 1 fully saturated rings. The van der Waals surface area contributed by atoms with Crippen LogP contribution in [0.1, 0.15) is 20.3 Å². The summed E-state index contributed by atoms with van der Waals surface area (Å²) in [5.74, 6) is 1.38. The number of nitrogens with one attached hydrogen (secondary N) is 2. The van der Waals surface area contributed by atoms with Crippen LogP contribution in [0.15, 0.2) is 24.3 Å². The molecule has 25 heavy (non-hydrogen) atoms. The van der Waals surface area contributed by atoms with Gasteiger partial charge in [-0.2, -0.15) is 0 Å². The topological polar surface area (TPSA) is 103 Å². The van der Waals surface area contributed by atoms with E-state index in [0.717, 1.165) is 17.9 Å². The number of thiocarbonyl (C=S) groups is 1. The van der Waals surface area contributed by atoms with Gasteiger partial charge in [-0.3, -0.25) is 0 Å². The largest absolute Gasteiger partial charge is 0.494 e. The Bertz CT molecular complexity index is 554. The molecule has 0 aromatic heterocycles. The molecule has 0 radical (unpaired) electrons. The molecule has 1 aliphatic heterocycles. The Morgan fingerprint density at radius 3 is 2.48 bits per heavy atom. The fraction of sp³-hybridized carbons (Fsp3) is 0.588. The van der Waals surface area contributed by atoms with Gasteiger partial charge in [0.2, 0.25) is 0 Å². The summed E-state index contributed by atoms with van der Waals surface area (Å²) in [6.45, 7) is 4.60. The average Bonchev–Trinajstić information content (AvgIpc) is 2.84. The molecule has 1 aromatic rings. The molecule has 4 atom stereocenters. The van der Waals surface area contributed by atoms with Crippen LogP contribution in [0.5, 0.6) is 5.75 Å². The number of benzene rings is 1. The lowest BCUT2D eigenvalue weighted by Crippen LogP contribution is -2.45. The SMILES string of the molecule is CC(C)CCOc1ccc(NC(=S)N[C@@H]2O[C@H](CO)C(O)C2O)cc1. The first-order valence-electron chi connectivity index (χ1n) is 8.33. The highest BCUT2D eigenvalue weighted by molar-refractivity contribution is 7.80. The summed E-state index contributed by atoms with van der Waals surface area (Å²) in [4.78, 5) is 0. The molecule has 5 N–H and O–H groups in total. The van der Waals surface area contributed by atoms with Crippen molar-refractivity contribution in [3.05, 3.63) is 24.3 Å². The van der Waals surface area contributed by atoms with Crippen LogP contribution in [-0.2, 0) is 4.74 Å². The minimum Gasteiger partial charge on any atom is -0.494 e. The van der Waals surface area contributed by atoms with Crippen molar-refractivity contribution in [2.75, 3.05) is 18.5 Å². The highest BCUT2D eigenvalue weighted by Gasteiger charge is 2.42. The van der Waals surface area contributed by atoms with Crippen LogP contribution in [0.2, 0.25) is 0 Å². The summed E-state index contributed by atoms with van der Waals surface area (Å²) in [5, 5.41) is 34.7. The second-order valence-electron chi connectivity index (χ2n) is 6.41. The molecule has 2 unspecified atom stereocenters. The van der Waals surface area contributed by atoms with Crippen LogP contribution in [-0.4, -0.2) is 58.2 Å². The number of hydrogen-bond acceptors (Lipinski definition) is 6. The molecule has 140 valence electrons. The van der Waals surface area contributed by atoms with Gasteiger partial charge in [0.25, 0.3) is 0 Å². The molecule has 1 saturated heterocycles. The number of rotatable bonds is 7. The average molecular weight is 370 g/mol. The van der Waals surface area contributed by atoms with E-state index in [-0.39, 0.29) is 11.7 Å². The fourth-order valence-corrected chi connectivity index (χ4v) is 2.60. The van der Waals surface area contributed by atoms with Crippen LogP contribution in [0, 0.1) is 5.92 Å². The Labute approximate surface area is 153 Å². The number of ether oxygens (including phenoxy) is 2. The molecular weight excluding hydrogens is 344 g/mol. The third-order valence-electron chi connectivity index (χ3n) is 3.89. The van der Waals surface area contributed by atoms with E-state index in [0.29, 0.717) is 12.5 Å². The molecule has 1 heterocycles. The zero-order valence-electron chi connectivity index (χ0n) is 14.4. The first kappa shape index (κ1) is 19.9. The third kappa shape index (κ3) is 5.79. The second kappa shape index (κ2) is 9.30. The van der Waals surface area contributed by atoms with E-state index in [1.54, 1.807) is 0 Å². The fourth-order valence-electron chi connectivity index (χ4n) is 2.36. The quantitative estimate of drug-likeness (QED) is 0.450.